The molecule has 1 heterocycles. The van der Waals surface area contributed by atoms with Crippen molar-refractivity contribution in [2.75, 3.05) is 13.6 Å². The third-order valence-corrected chi connectivity index (χ3v) is 3.08. The fraction of sp³-hybridized carbons (Fsp3) is 0.571. The molecule has 1 rings (SSSR count). The average Bonchev–Trinajstić information content (AvgIpc) is 2.37. The van der Waals surface area contributed by atoms with Gasteiger partial charge in [-0.05, 0) is 31.4 Å². The number of hydrogen-bond donors (Lipinski definition) is 0. The van der Waals surface area contributed by atoms with Crippen LogP contribution in [0.25, 0.3) is 0 Å². The minimum absolute atomic E-state index is 0.0368. The van der Waals surface area contributed by atoms with E-state index in [0.29, 0.717) is 18.0 Å². The van der Waals surface area contributed by atoms with Gasteiger partial charge in [0.05, 0.1) is 5.56 Å². The molecule has 0 saturated carbocycles. The van der Waals surface area contributed by atoms with Crippen molar-refractivity contribution in [1.29, 1.82) is 0 Å². The van der Waals surface area contributed by atoms with E-state index >= 15 is 0 Å². The average molecular weight is 234 g/mol. The monoisotopic (exact) mass is 234 g/mol. The van der Waals surface area contributed by atoms with E-state index in [9.17, 15) is 4.79 Å². The molecule has 0 aliphatic rings. The van der Waals surface area contributed by atoms with E-state index in [0.717, 1.165) is 18.5 Å². The second kappa shape index (κ2) is 6.38. The SMILES string of the molecule is CCCC(C)c1ccc(C(=O)N(C)CC)cn1. The summed E-state index contributed by atoms with van der Waals surface area (Å²) in [5.74, 6) is 0.503. The molecule has 1 atom stereocenters. The summed E-state index contributed by atoms with van der Waals surface area (Å²) in [6.07, 6.45) is 3.98. The summed E-state index contributed by atoms with van der Waals surface area (Å²) in [7, 11) is 1.80. The van der Waals surface area contributed by atoms with Crippen molar-refractivity contribution >= 4 is 5.91 Å². The summed E-state index contributed by atoms with van der Waals surface area (Å²) in [5, 5.41) is 0. The van der Waals surface area contributed by atoms with Crippen molar-refractivity contribution in [3.63, 3.8) is 0 Å². The number of rotatable bonds is 5. The molecule has 0 aliphatic heterocycles. The summed E-state index contributed by atoms with van der Waals surface area (Å²) >= 11 is 0. The van der Waals surface area contributed by atoms with Gasteiger partial charge in [-0.25, -0.2) is 0 Å². The molecule has 0 aliphatic carbocycles. The molecule has 3 heteroatoms. The summed E-state index contributed by atoms with van der Waals surface area (Å²) in [5.41, 5.74) is 1.74. The van der Waals surface area contributed by atoms with E-state index in [1.807, 2.05) is 19.1 Å². The van der Waals surface area contributed by atoms with Gasteiger partial charge in [-0.2, -0.15) is 0 Å². The molecule has 1 aromatic heterocycles. The maximum atomic E-state index is 11.9. The summed E-state index contributed by atoms with van der Waals surface area (Å²) in [6, 6.07) is 3.85. The highest BCUT2D eigenvalue weighted by atomic mass is 16.2. The largest absolute Gasteiger partial charge is 0.342 e. The van der Waals surface area contributed by atoms with Gasteiger partial charge in [-0.1, -0.05) is 20.3 Å². The number of pyridine rings is 1. The lowest BCUT2D eigenvalue weighted by Gasteiger charge is -2.15. The van der Waals surface area contributed by atoms with Gasteiger partial charge in [-0.15, -0.1) is 0 Å². The third-order valence-electron chi connectivity index (χ3n) is 3.08. The Morgan fingerprint density at radius 3 is 2.59 bits per heavy atom. The smallest absolute Gasteiger partial charge is 0.255 e. The quantitative estimate of drug-likeness (QED) is 0.784. The highest BCUT2D eigenvalue weighted by molar-refractivity contribution is 5.93. The van der Waals surface area contributed by atoms with Gasteiger partial charge >= 0.3 is 0 Å². The van der Waals surface area contributed by atoms with E-state index < -0.39 is 0 Å². The molecule has 0 fully saturated rings. The Kier molecular flexibility index (Phi) is 5.13. The molecule has 0 radical (unpaired) electrons. The van der Waals surface area contributed by atoms with Crippen LogP contribution in [0.1, 0.15) is 55.6 Å². The molecule has 1 aromatic rings. The highest BCUT2D eigenvalue weighted by Crippen LogP contribution is 2.18. The van der Waals surface area contributed by atoms with E-state index in [-0.39, 0.29) is 5.91 Å². The third kappa shape index (κ3) is 3.55. The zero-order valence-electron chi connectivity index (χ0n) is 11.2. The van der Waals surface area contributed by atoms with E-state index in [1.54, 1.807) is 18.1 Å². The Labute approximate surface area is 104 Å². The maximum absolute atomic E-state index is 11.9. The number of amides is 1. The predicted molar refractivity (Wildman–Crippen MR) is 70.2 cm³/mol. The molecule has 0 N–H and O–H groups in total. The minimum Gasteiger partial charge on any atom is -0.342 e. The number of hydrogen-bond acceptors (Lipinski definition) is 2. The first kappa shape index (κ1) is 13.7. The Morgan fingerprint density at radius 2 is 2.12 bits per heavy atom. The molecule has 1 amide bonds. The van der Waals surface area contributed by atoms with E-state index in [1.165, 1.54) is 0 Å². The second-order valence-corrected chi connectivity index (χ2v) is 4.48. The zero-order chi connectivity index (χ0) is 12.8. The van der Waals surface area contributed by atoms with Crippen LogP contribution in [0.3, 0.4) is 0 Å². The van der Waals surface area contributed by atoms with Crippen molar-refractivity contribution in [2.45, 2.75) is 39.5 Å². The molecule has 0 spiro atoms. The number of nitrogens with zero attached hydrogens (tertiary/aromatic N) is 2. The van der Waals surface area contributed by atoms with Gasteiger partial charge in [0.1, 0.15) is 0 Å². The summed E-state index contributed by atoms with van der Waals surface area (Å²) in [6.45, 7) is 7.02. The lowest BCUT2D eigenvalue weighted by molar-refractivity contribution is 0.0802. The van der Waals surface area contributed by atoms with Crippen LogP contribution in [0.2, 0.25) is 0 Å². The van der Waals surface area contributed by atoms with Crippen molar-refractivity contribution in [1.82, 2.24) is 9.88 Å². The van der Waals surface area contributed by atoms with Crippen LogP contribution in [0.5, 0.6) is 0 Å². The molecule has 1 unspecified atom stereocenters. The van der Waals surface area contributed by atoms with Gasteiger partial charge in [0.25, 0.3) is 5.91 Å². The molecule has 17 heavy (non-hydrogen) atoms. The summed E-state index contributed by atoms with van der Waals surface area (Å²) in [4.78, 5) is 17.9. The first-order valence-corrected chi connectivity index (χ1v) is 6.31. The van der Waals surface area contributed by atoms with Crippen molar-refractivity contribution in [3.05, 3.63) is 29.6 Å². The lowest BCUT2D eigenvalue weighted by Crippen LogP contribution is -2.26. The standard InChI is InChI=1S/C14H22N2O/c1-5-7-11(3)13-9-8-12(10-15-13)14(17)16(4)6-2/h8-11H,5-7H2,1-4H3. The van der Waals surface area contributed by atoms with Crippen LogP contribution in [0.15, 0.2) is 18.3 Å². The van der Waals surface area contributed by atoms with Crippen LogP contribution in [-0.4, -0.2) is 29.4 Å². The van der Waals surface area contributed by atoms with Gasteiger partial charge in [0.15, 0.2) is 0 Å². The first-order valence-electron chi connectivity index (χ1n) is 6.31. The van der Waals surface area contributed by atoms with Crippen molar-refractivity contribution in [3.8, 4) is 0 Å². The van der Waals surface area contributed by atoms with Gasteiger partial charge in [-0.3, -0.25) is 9.78 Å². The number of carbonyl (C=O) groups is 1. The summed E-state index contributed by atoms with van der Waals surface area (Å²) < 4.78 is 0. The highest BCUT2D eigenvalue weighted by Gasteiger charge is 2.11. The normalized spacial score (nSPS) is 12.2. The van der Waals surface area contributed by atoms with Crippen LogP contribution < -0.4 is 0 Å². The number of aromatic nitrogens is 1. The minimum atomic E-state index is 0.0368. The van der Waals surface area contributed by atoms with E-state index in [4.69, 9.17) is 0 Å². The Morgan fingerprint density at radius 1 is 1.41 bits per heavy atom. The molecule has 0 bridgehead atoms. The van der Waals surface area contributed by atoms with Crippen LogP contribution in [0.4, 0.5) is 0 Å². The van der Waals surface area contributed by atoms with Gasteiger partial charge in [0, 0.05) is 25.5 Å². The van der Waals surface area contributed by atoms with Crippen molar-refractivity contribution < 1.29 is 4.79 Å². The fourth-order valence-electron chi connectivity index (χ4n) is 1.77. The molecular formula is C14H22N2O. The molecular weight excluding hydrogens is 212 g/mol. The van der Waals surface area contributed by atoms with Crippen molar-refractivity contribution in [2.24, 2.45) is 0 Å². The van der Waals surface area contributed by atoms with Gasteiger partial charge in [0.2, 0.25) is 0 Å². The zero-order valence-corrected chi connectivity index (χ0v) is 11.2. The van der Waals surface area contributed by atoms with Gasteiger partial charge < -0.3 is 4.90 Å². The number of carbonyl (C=O) groups excluding carboxylic acids is 1. The molecule has 0 saturated heterocycles. The maximum Gasteiger partial charge on any atom is 0.255 e. The predicted octanol–water partition coefficient (Wildman–Crippen LogP) is 3.08. The lowest BCUT2D eigenvalue weighted by atomic mass is 10.0. The molecule has 0 aromatic carbocycles. The van der Waals surface area contributed by atoms with Crippen LogP contribution >= 0.6 is 0 Å². The topological polar surface area (TPSA) is 33.2 Å². The Bertz CT molecular complexity index is 359. The first-order chi connectivity index (χ1) is 8.10. The molecule has 3 nitrogen and oxygen atoms in total. The fourth-order valence-corrected chi connectivity index (χ4v) is 1.77. The second-order valence-electron chi connectivity index (χ2n) is 4.48. The molecule has 94 valence electrons. The Balaban J connectivity index is 2.77. The van der Waals surface area contributed by atoms with Crippen LogP contribution in [-0.2, 0) is 0 Å². The van der Waals surface area contributed by atoms with E-state index in [2.05, 4.69) is 18.8 Å². The van der Waals surface area contributed by atoms with Crippen LogP contribution in [0, 0.1) is 0 Å². The Hall–Kier alpha value is -1.38.